The summed E-state index contributed by atoms with van der Waals surface area (Å²) in [6, 6.07) is 4.22. The number of nitrogens with zero attached hydrogens (tertiary/aromatic N) is 3. The SMILES string of the molecule is Cc1[nH]nc(C(=O)N2CCN(Cc3cccs3)CC2)c1N. The Balaban J connectivity index is 1.58. The molecule has 0 atom stereocenters. The van der Waals surface area contributed by atoms with Crippen molar-refractivity contribution in [2.45, 2.75) is 13.5 Å². The molecule has 1 aliphatic rings. The Morgan fingerprint density at radius 2 is 2.19 bits per heavy atom. The van der Waals surface area contributed by atoms with E-state index < -0.39 is 0 Å². The molecule has 21 heavy (non-hydrogen) atoms. The summed E-state index contributed by atoms with van der Waals surface area (Å²) in [7, 11) is 0. The van der Waals surface area contributed by atoms with E-state index in [1.807, 2.05) is 11.8 Å². The van der Waals surface area contributed by atoms with Crippen molar-refractivity contribution in [3.63, 3.8) is 0 Å². The summed E-state index contributed by atoms with van der Waals surface area (Å²) in [5.74, 6) is -0.0763. The molecule has 3 rings (SSSR count). The molecule has 0 radical (unpaired) electrons. The Kier molecular flexibility index (Phi) is 3.94. The molecule has 1 aliphatic heterocycles. The first-order chi connectivity index (χ1) is 10.1. The van der Waals surface area contributed by atoms with Crippen molar-refractivity contribution in [1.29, 1.82) is 0 Å². The average molecular weight is 305 g/mol. The highest BCUT2D eigenvalue weighted by Crippen LogP contribution is 2.17. The Morgan fingerprint density at radius 1 is 1.43 bits per heavy atom. The number of hydrogen-bond donors (Lipinski definition) is 2. The van der Waals surface area contributed by atoms with Gasteiger partial charge in [0.2, 0.25) is 0 Å². The highest BCUT2D eigenvalue weighted by Gasteiger charge is 2.25. The number of amides is 1. The molecule has 0 aromatic carbocycles. The average Bonchev–Trinajstić information content (AvgIpc) is 3.11. The Morgan fingerprint density at radius 3 is 2.76 bits per heavy atom. The molecule has 7 heteroatoms. The first kappa shape index (κ1) is 14.1. The second-order valence-electron chi connectivity index (χ2n) is 5.26. The summed E-state index contributed by atoms with van der Waals surface area (Å²) in [4.78, 5) is 18.0. The van der Waals surface area contributed by atoms with E-state index in [4.69, 9.17) is 5.73 Å². The predicted octanol–water partition coefficient (Wildman–Crippen LogP) is 1.32. The molecule has 2 aromatic rings. The lowest BCUT2D eigenvalue weighted by molar-refractivity contribution is 0.0625. The van der Waals surface area contributed by atoms with Crippen LogP contribution in [0.25, 0.3) is 0 Å². The third kappa shape index (κ3) is 2.93. The lowest BCUT2D eigenvalue weighted by atomic mass is 10.2. The number of nitrogens with one attached hydrogen (secondary N) is 1. The second kappa shape index (κ2) is 5.87. The van der Waals surface area contributed by atoms with Crippen molar-refractivity contribution < 1.29 is 4.79 Å². The van der Waals surface area contributed by atoms with Crippen LogP contribution in [0.2, 0.25) is 0 Å². The maximum atomic E-state index is 12.4. The summed E-state index contributed by atoms with van der Waals surface area (Å²) < 4.78 is 0. The minimum absolute atomic E-state index is 0.0763. The van der Waals surface area contributed by atoms with Crippen molar-refractivity contribution in [2.75, 3.05) is 31.9 Å². The quantitative estimate of drug-likeness (QED) is 0.896. The van der Waals surface area contributed by atoms with Crippen LogP contribution >= 0.6 is 11.3 Å². The number of piperazine rings is 1. The number of hydrogen-bond acceptors (Lipinski definition) is 5. The molecular formula is C14H19N5OS. The zero-order valence-corrected chi connectivity index (χ0v) is 12.8. The van der Waals surface area contributed by atoms with E-state index in [0.717, 1.165) is 38.4 Å². The summed E-state index contributed by atoms with van der Waals surface area (Å²) in [6.45, 7) is 5.98. The van der Waals surface area contributed by atoms with Crippen molar-refractivity contribution in [3.05, 3.63) is 33.8 Å². The van der Waals surface area contributed by atoms with Gasteiger partial charge in [0.05, 0.1) is 11.4 Å². The lowest BCUT2D eigenvalue weighted by Gasteiger charge is -2.34. The van der Waals surface area contributed by atoms with Crippen LogP contribution < -0.4 is 5.73 Å². The van der Waals surface area contributed by atoms with Crippen molar-refractivity contribution in [3.8, 4) is 0 Å². The van der Waals surface area contributed by atoms with Gasteiger partial charge in [0.25, 0.3) is 5.91 Å². The summed E-state index contributed by atoms with van der Waals surface area (Å²) >= 11 is 1.77. The van der Waals surface area contributed by atoms with Crippen LogP contribution in [0.15, 0.2) is 17.5 Å². The van der Waals surface area contributed by atoms with Crippen LogP contribution in [-0.2, 0) is 6.54 Å². The van der Waals surface area contributed by atoms with Gasteiger partial charge in [-0.2, -0.15) is 5.10 Å². The highest BCUT2D eigenvalue weighted by molar-refractivity contribution is 7.09. The van der Waals surface area contributed by atoms with Gasteiger partial charge >= 0.3 is 0 Å². The number of aryl methyl sites for hydroxylation is 1. The maximum Gasteiger partial charge on any atom is 0.276 e. The zero-order valence-electron chi connectivity index (χ0n) is 12.0. The third-order valence-electron chi connectivity index (χ3n) is 3.82. The van der Waals surface area contributed by atoms with Crippen LogP contribution in [0.3, 0.4) is 0 Å². The van der Waals surface area contributed by atoms with E-state index in [1.54, 1.807) is 11.3 Å². The van der Waals surface area contributed by atoms with Crippen LogP contribution in [0.1, 0.15) is 21.1 Å². The Bertz CT molecular complexity index is 613. The van der Waals surface area contributed by atoms with Gasteiger partial charge in [-0.1, -0.05) is 6.07 Å². The van der Waals surface area contributed by atoms with E-state index in [-0.39, 0.29) is 5.91 Å². The van der Waals surface area contributed by atoms with Gasteiger partial charge in [0, 0.05) is 37.6 Å². The minimum Gasteiger partial charge on any atom is -0.395 e. The number of carbonyl (C=O) groups is 1. The number of carbonyl (C=O) groups excluding carboxylic acids is 1. The maximum absolute atomic E-state index is 12.4. The van der Waals surface area contributed by atoms with Crippen molar-refractivity contribution in [1.82, 2.24) is 20.0 Å². The molecule has 0 aliphatic carbocycles. The first-order valence-corrected chi connectivity index (χ1v) is 7.87. The number of aromatic amines is 1. The molecule has 6 nitrogen and oxygen atoms in total. The number of aromatic nitrogens is 2. The van der Waals surface area contributed by atoms with Crippen LogP contribution in [0.5, 0.6) is 0 Å². The van der Waals surface area contributed by atoms with Gasteiger partial charge in [-0.25, -0.2) is 0 Å². The molecular weight excluding hydrogens is 286 g/mol. The molecule has 3 heterocycles. The number of nitrogens with two attached hydrogens (primary N) is 1. The highest BCUT2D eigenvalue weighted by atomic mass is 32.1. The number of H-pyrrole nitrogens is 1. The van der Waals surface area contributed by atoms with E-state index in [9.17, 15) is 4.79 Å². The van der Waals surface area contributed by atoms with Gasteiger partial charge in [0.15, 0.2) is 5.69 Å². The van der Waals surface area contributed by atoms with E-state index in [0.29, 0.717) is 11.4 Å². The molecule has 3 N–H and O–H groups in total. The van der Waals surface area contributed by atoms with E-state index in [2.05, 4.69) is 32.6 Å². The van der Waals surface area contributed by atoms with Crippen LogP contribution in [0.4, 0.5) is 5.69 Å². The molecule has 1 amide bonds. The van der Waals surface area contributed by atoms with Gasteiger partial charge in [0.1, 0.15) is 0 Å². The number of anilines is 1. The fourth-order valence-corrected chi connectivity index (χ4v) is 3.23. The van der Waals surface area contributed by atoms with Crippen molar-refractivity contribution in [2.24, 2.45) is 0 Å². The van der Waals surface area contributed by atoms with Crippen LogP contribution in [0, 0.1) is 6.92 Å². The number of rotatable bonds is 3. The molecule has 0 spiro atoms. The van der Waals surface area contributed by atoms with Gasteiger partial charge in [-0.3, -0.25) is 14.8 Å². The molecule has 0 unspecified atom stereocenters. The van der Waals surface area contributed by atoms with Crippen LogP contribution in [-0.4, -0.2) is 52.1 Å². The Hall–Kier alpha value is -1.86. The topological polar surface area (TPSA) is 78.2 Å². The molecule has 2 aromatic heterocycles. The fourth-order valence-electron chi connectivity index (χ4n) is 2.48. The van der Waals surface area contributed by atoms with Gasteiger partial charge in [-0.15, -0.1) is 11.3 Å². The van der Waals surface area contributed by atoms with Crippen molar-refractivity contribution >= 4 is 22.9 Å². The predicted molar refractivity (Wildman–Crippen MR) is 83.2 cm³/mol. The normalized spacial score (nSPS) is 16.3. The molecule has 0 bridgehead atoms. The summed E-state index contributed by atoms with van der Waals surface area (Å²) in [6.07, 6.45) is 0. The second-order valence-corrected chi connectivity index (χ2v) is 6.29. The number of nitrogen functional groups attached to an aromatic ring is 1. The monoisotopic (exact) mass is 305 g/mol. The summed E-state index contributed by atoms with van der Waals surface area (Å²) in [5.41, 5.74) is 7.43. The molecule has 112 valence electrons. The largest absolute Gasteiger partial charge is 0.395 e. The third-order valence-corrected chi connectivity index (χ3v) is 4.68. The summed E-state index contributed by atoms with van der Waals surface area (Å²) in [5, 5.41) is 8.88. The first-order valence-electron chi connectivity index (χ1n) is 6.99. The number of thiophene rings is 1. The Labute approximate surface area is 127 Å². The van der Waals surface area contributed by atoms with E-state index in [1.165, 1.54) is 4.88 Å². The van der Waals surface area contributed by atoms with E-state index >= 15 is 0 Å². The smallest absolute Gasteiger partial charge is 0.276 e. The van der Waals surface area contributed by atoms with Gasteiger partial charge < -0.3 is 10.6 Å². The van der Waals surface area contributed by atoms with Gasteiger partial charge in [-0.05, 0) is 18.4 Å². The zero-order chi connectivity index (χ0) is 14.8. The standard InChI is InChI=1S/C14H19N5OS/c1-10-12(15)13(17-16-10)14(20)19-6-4-18(5-7-19)9-11-3-2-8-21-11/h2-3,8H,4-7,9,15H2,1H3,(H,16,17). The minimum atomic E-state index is -0.0763. The lowest BCUT2D eigenvalue weighted by Crippen LogP contribution is -2.48. The molecule has 0 saturated carbocycles. The molecule has 1 saturated heterocycles. The molecule has 1 fully saturated rings. The fraction of sp³-hybridized carbons (Fsp3) is 0.429.